The third-order valence-electron chi connectivity index (χ3n) is 1.27. The Kier molecular flexibility index (Phi) is 2.38. The molecule has 0 saturated heterocycles. The molecule has 1 N–H and O–H groups in total. The van der Waals surface area contributed by atoms with Crippen molar-refractivity contribution in [1.82, 2.24) is 4.98 Å². The number of aromatic nitrogens is 1. The zero-order chi connectivity index (χ0) is 10.1. The number of nitrogens with one attached hydrogen (secondary N) is 1. The lowest BCUT2D eigenvalue weighted by molar-refractivity contribution is -0.141. The standard InChI is InChI=1S/C7H3F3N2S/c8-7(9,10)6-2-5(13)1-4(3-11)12-6/h1-2H,(H,12,13). The number of pyridine rings is 1. The van der Waals surface area contributed by atoms with Crippen LogP contribution in [0.3, 0.4) is 0 Å². The molecule has 0 saturated carbocycles. The van der Waals surface area contributed by atoms with Crippen LogP contribution in [0.2, 0.25) is 0 Å². The van der Waals surface area contributed by atoms with Gasteiger partial charge in [0.1, 0.15) is 17.5 Å². The maximum Gasteiger partial charge on any atom is 0.431 e. The molecule has 0 aliphatic carbocycles. The number of aromatic amines is 1. The molecule has 13 heavy (non-hydrogen) atoms. The Morgan fingerprint density at radius 1 is 1.38 bits per heavy atom. The van der Waals surface area contributed by atoms with E-state index in [4.69, 9.17) is 5.26 Å². The normalized spacial score (nSPS) is 10.9. The Bertz CT molecular complexity index is 413. The van der Waals surface area contributed by atoms with Gasteiger partial charge in [-0.15, -0.1) is 0 Å². The maximum absolute atomic E-state index is 12.1. The third-order valence-corrected chi connectivity index (χ3v) is 1.50. The molecule has 0 atom stereocenters. The minimum Gasteiger partial charge on any atom is -0.343 e. The second kappa shape index (κ2) is 3.18. The van der Waals surface area contributed by atoms with E-state index < -0.39 is 11.9 Å². The van der Waals surface area contributed by atoms with E-state index in [1.54, 1.807) is 6.07 Å². The van der Waals surface area contributed by atoms with E-state index in [0.29, 0.717) is 0 Å². The van der Waals surface area contributed by atoms with Crippen LogP contribution in [0.1, 0.15) is 11.4 Å². The topological polar surface area (TPSA) is 39.6 Å². The molecule has 1 heterocycles. The molecular weight excluding hydrogens is 201 g/mol. The number of halogens is 3. The van der Waals surface area contributed by atoms with Gasteiger partial charge in [-0.1, -0.05) is 12.2 Å². The molecular formula is C7H3F3N2S. The summed E-state index contributed by atoms with van der Waals surface area (Å²) in [7, 11) is 0. The number of rotatable bonds is 0. The molecule has 0 aliphatic heterocycles. The summed E-state index contributed by atoms with van der Waals surface area (Å²) < 4.78 is 36.3. The first-order valence-corrected chi connectivity index (χ1v) is 3.56. The summed E-state index contributed by atoms with van der Waals surface area (Å²) in [5.41, 5.74) is -1.20. The lowest BCUT2D eigenvalue weighted by Gasteiger charge is -2.05. The smallest absolute Gasteiger partial charge is 0.343 e. The number of hydrogen-bond donors (Lipinski definition) is 1. The van der Waals surface area contributed by atoms with Crippen LogP contribution in [0.5, 0.6) is 0 Å². The van der Waals surface area contributed by atoms with Crippen molar-refractivity contribution >= 4 is 12.2 Å². The van der Waals surface area contributed by atoms with Gasteiger partial charge in [0.25, 0.3) is 0 Å². The molecule has 1 rings (SSSR count). The zero-order valence-electron chi connectivity index (χ0n) is 6.14. The van der Waals surface area contributed by atoms with Crippen LogP contribution in [0.25, 0.3) is 0 Å². The molecule has 0 unspecified atom stereocenters. The molecule has 0 spiro atoms. The van der Waals surface area contributed by atoms with Crippen LogP contribution in [0.4, 0.5) is 13.2 Å². The summed E-state index contributed by atoms with van der Waals surface area (Å²) in [5, 5.41) is 8.36. The second-order valence-electron chi connectivity index (χ2n) is 2.25. The Labute approximate surface area is 76.6 Å². The predicted molar refractivity (Wildman–Crippen MR) is 41.3 cm³/mol. The van der Waals surface area contributed by atoms with Gasteiger partial charge in [0, 0.05) is 4.51 Å². The monoisotopic (exact) mass is 204 g/mol. The quantitative estimate of drug-likeness (QED) is 0.660. The molecule has 68 valence electrons. The van der Waals surface area contributed by atoms with E-state index in [1.807, 2.05) is 4.98 Å². The predicted octanol–water partition coefficient (Wildman–Crippen LogP) is 2.63. The highest BCUT2D eigenvalue weighted by Gasteiger charge is 2.31. The first-order chi connectivity index (χ1) is 5.93. The van der Waals surface area contributed by atoms with Crippen molar-refractivity contribution in [3.63, 3.8) is 0 Å². The van der Waals surface area contributed by atoms with Gasteiger partial charge in [-0.25, -0.2) is 0 Å². The van der Waals surface area contributed by atoms with E-state index in [9.17, 15) is 13.2 Å². The lowest BCUT2D eigenvalue weighted by Crippen LogP contribution is -2.08. The van der Waals surface area contributed by atoms with Gasteiger partial charge in [-0.2, -0.15) is 18.4 Å². The summed E-state index contributed by atoms with van der Waals surface area (Å²) in [4.78, 5) is 1.92. The second-order valence-corrected chi connectivity index (χ2v) is 2.72. The molecule has 0 bridgehead atoms. The highest BCUT2D eigenvalue weighted by atomic mass is 32.1. The van der Waals surface area contributed by atoms with Gasteiger partial charge in [0.2, 0.25) is 0 Å². The summed E-state index contributed by atoms with van der Waals surface area (Å²) in [5.74, 6) is 0. The minimum absolute atomic E-state index is 0.0115. The van der Waals surface area contributed by atoms with Crippen molar-refractivity contribution in [3.8, 4) is 6.07 Å². The summed E-state index contributed by atoms with van der Waals surface area (Å²) in [6.07, 6.45) is -4.50. The molecule has 0 aromatic carbocycles. The van der Waals surface area contributed by atoms with Crippen LogP contribution >= 0.6 is 12.2 Å². The van der Waals surface area contributed by atoms with Crippen LogP contribution in [-0.4, -0.2) is 4.98 Å². The molecule has 1 aromatic heterocycles. The van der Waals surface area contributed by atoms with Gasteiger partial charge in [-0.05, 0) is 12.1 Å². The average Bonchev–Trinajstić information content (AvgIpc) is 2.01. The van der Waals surface area contributed by atoms with Crippen LogP contribution in [0.15, 0.2) is 12.1 Å². The van der Waals surface area contributed by atoms with Crippen molar-refractivity contribution < 1.29 is 13.2 Å². The minimum atomic E-state index is -4.50. The summed E-state index contributed by atoms with van der Waals surface area (Å²) >= 11 is 4.55. The van der Waals surface area contributed by atoms with E-state index in [1.165, 1.54) is 6.07 Å². The molecule has 1 aromatic rings. The Morgan fingerprint density at radius 3 is 2.46 bits per heavy atom. The first-order valence-electron chi connectivity index (χ1n) is 3.15. The first kappa shape index (κ1) is 9.74. The fourth-order valence-electron chi connectivity index (χ4n) is 0.756. The van der Waals surface area contributed by atoms with Crippen molar-refractivity contribution in [2.75, 3.05) is 0 Å². The van der Waals surface area contributed by atoms with Crippen molar-refractivity contribution in [2.45, 2.75) is 6.18 Å². The van der Waals surface area contributed by atoms with Crippen molar-refractivity contribution in [1.29, 1.82) is 5.26 Å². The Morgan fingerprint density at radius 2 is 2.00 bits per heavy atom. The maximum atomic E-state index is 12.1. The molecule has 6 heteroatoms. The third kappa shape index (κ3) is 2.29. The molecule has 2 nitrogen and oxygen atoms in total. The number of alkyl halides is 3. The molecule has 0 aliphatic rings. The SMILES string of the molecule is N#Cc1cc(=S)cc(C(F)(F)F)[nH]1. The molecule has 0 amide bonds. The van der Waals surface area contributed by atoms with Gasteiger partial charge in [0.15, 0.2) is 0 Å². The molecule has 0 radical (unpaired) electrons. The van der Waals surface area contributed by atoms with Gasteiger partial charge >= 0.3 is 6.18 Å². The largest absolute Gasteiger partial charge is 0.431 e. The molecule has 0 fully saturated rings. The Hall–Kier alpha value is -1.35. The van der Waals surface area contributed by atoms with E-state index in [0.717, 1.165) is 6.07 Å². The number of nitriles is 1. The number of H-pyrrole nitrogens is 1. The average molecular weight is 204 g/mol. The highest BCUT2D eigenvalue weighted by Crippen LogP contribution is 2.27. The van der Waals surface area contributed by atoms with Crippen LogP contribution < -0.4 is 0 Å². The fourth-order valence-corrected chi connectivity index (χ4v) is 0.992. The number of hydrogen-bond acceptors (Lipinski definition) is 2. The van der Waals surface area contributed by atoms with E-state index in [-0.39, 0.29) is 10.2 Å². The summed E-state index contributed by atoms with van der Waals surface area (Å²) in [6, 6.07) is 3.50. The van der Waals surface area contributed by atoms with E-state index in [2.05, 4.69) is 12.2 Å². The van der Waals surface area contributed by atoms with Crippen LogP contribution in [0, 0.1) is 15.8 Å². The van der Waals surface area contributed by atoms with E-state index >= 15 is 0 Å². The number of nitrogens with zero attached hydrogens (tertiary/aromatic N) is 1. The van der Waals surface area contributed by atoms with Crippen LogP contribution in [-0.2, 0) is 6.18 Å². The summed E-state index contributed by atoms with van der Waals surface area (Å²) in [6.45, 7) is 0. The van der Waals surface area contributed by atoms with Gasteiger partial charge in [-0.3, -0.25) is 0 Å². The lowest BCUT2D eigenvalue weighted by atomic mass is 10.3. The van der Waals surface area contributed by atoms with Crippen molar-refractivity contribution in [3.05, 3.63) is 28.0 Å². The highest BCUT2D eigenvalue weighted by molar-refractivity contribution is 7.71. The Balaban J connectivity index is 3.35. The van der Waals surface area contributed by atoms with Gasteiger partial charge in [0.05, 0.1) is 0 Å². The zero-order valence-corrected chi connectivity index (χ0v) is 6.96. The van der Waals surface area contributed by atoms with Gasteiger partial charge < -0.3 is 4.98 Å². The van der Waals surface area contributed by atoms with Crippen molar-refractivity contribution in [2.24, 2.45) is 0 Å². The fraction of sp³-hybridized carbons (Fsp3) is 0.143.